The number of alkyl halides is 1. The Kier molecular flexibility index (Phi) is 14.1. The first-order valence-corrected chi connectivity index (χ1v) is 20.8. The van der Waals surface area contributed by atoms with Gasteiger partial charge in [-0.1, -0.05) is 58.9 Å². The minimum Gasteiger partial charge on any atom is -0.455 e. The smallest absolute Gasteiger partial charge is 0.410 e. The molecule has 2 aromatic rings. The molecule has 16 heteroatoms. The highest BCUT2D eigenvalue weighted by Gasteiger charge is 2.61. The second-order valence-electron chi connectivity index (χ2n) is 17.5. The number of ketones is 2. The van der Waals surface area contributed by atoms with Gasteiger partial charge in [0.15, 0.2) is 17.7 Å². The number of hydrogen-bond acceptors (Lipinski definition) is 13. The molecule has 5 rings (SSSR count). The number of Topliss-reactive ketones (excluding diaryl/α,β-unsaturated/α-hetero) is 2. The molecule has 0 radical (unpaired) electrons. The molecule has 3 aliphatic heterocycles. The van der Waals surface area contributed by atoms with Crippen molar-refractivity contribution in [1.29, 1.82) is 0 Å². The second kappa shape index (κ2) is 18.0. The van der Waals surface area contributed by atoms with Gasteiger partial charge >= 0.3 is 12.1 Å². The number of aliphatic hydroxyl groups is 1. The maximum absolute atomic E-state index is 16.9. The number of cyclic esters (lactones) is 1. The van der Waals surface area contributed by atoms with Crippen molar-refractivity contribution in [2.45, 2.75) is 174 Å². The number of carbonyl (C=O) groups is 4. The van der Waals surface area contributed by atoms with Crippen molar-refractivity contribution in [3.8, 4) is 0 Å². The molecule has 0 spiro atoms. The molecule has 15 nitrogen and oxygen atoms in total. The number of fused-ring (bicyclic) bond motifs is 2. The van der Waals surface area contributed by atoms with Crippen molar-refractivity contribution in [3.05, 3.63) is 24.3 Å². The Morgan fingerprint density at radius 2 is 1.71 bits per heavy atom. The summed E-state index contributed by atoms with van der Waals surface area (Å²) in [6.45, 7) is 17.2. The Labute approximate surface area is 341 Å². The van der Waals surface area contributed by atoms with E-state index in [-0.39, 0.29) is 37.3 Å². The first-order valence-electron chi connectivity index (χ1n) is 20.8. The maximum Gasteiger partial charge on any atom is 0.410 e. The molecule has 1 unspecified atom stereocenters. The van der Waals surface area contributed by atoms with E-state index >= 15 is 4.39 Å². The van der Waals surface area contributed by atoms with Crippen LogP contribution in [-0.2, 0) is 44.6 Å². The number of carbonyl (C=O) groups excluding carboxylic acids is 4. The molecule has 0 aliphatic carbocycles. The van der Waals surface area contributed by atoms with E-state index < -0.39 is 89.2 Å². The Hall–Kier alpha value is -3.57. The number of unbranched alkanes of at least 4 members (excludes halogenated alkanes) is 1. The molecule has 2 N–H and O–H groups in total. The van der Waals surface area contributed by atoms with Gasteiger partial charge in [-0.25, -0.2) is 18.7 Å². The Balaban J connectivity index is 1.49. The van der Waals surface area contributed by atoms with Crippen molar-refractivity contribution in [3.63, 3.8) is 0 Å². The summed E-state index contributed by atoms with van der Waals surface area (Å²) in [5.74, 6) is -5.80. The van der Waals surface area contributed by atoms with E-state index in [1.54, 1.807) is 39.3 Å². The minimum atomic E-state index is -3.18. The van der Waals surface area contributed by atoms with Crippen LogP contribution in [0.25, 0.3) is 11.0 Å². The number of nitrogens with one attached hydrogen (secondary N) is 1. The highest BCUT2D eigenvalue weighted by molar-refractivity contribution is 6.08. The van der Waals surface area contributed by atoms with Gasteiger partial charge < -0.3 is 39.0 Å². The second-order valence-corrected chi connectivity index (χ2v) is 17.5. The quantitative estimate of drug-likeness (QED) is 0.177. The summed E-state index contributed by atoms with van der Waals surface area (Å²) in [4.78, 5) is 58.2. The van der Waals surface area contributed by atoms with Crippen LogP contribution in [0.3, 0.4) is 0 Å². The molecule has 58 heavy (non-hydrogen) atoms. The third-order valence-corrected chi connectivity index (χ3v) is 12.5. The van der Waals surface area contributed by atoms with Crippen LogP contribution in [0.5, 0.6) is 0 Å². The van der Waals surface area contributed by atoms with Crippen LogP contribution in [0, 0.1) is 17.8 Å². The van der Waals surface area contributed by atoms with Crippen LogP contribution in [0.2, 0.25) is 0 Å². The predicted molar refractivity (Wildman–Crippen MR) is 211 cm³/mol. The molecule has 3 fully saturated rings. The lowest BCUT2D eigenvalue weighted by atomic mass is 9.73. The van der Waals surface area contributed by atoms with E-state index in [2.05, 4.69) is 15.6 Å². The zero-order valence-corrected chi connectivity index (χ0v) is 35.9. The number of aliphatic hydroxyl groups excluding tert-OH is 1. The predicted octanol–water partition coefficient (Wildman–Crippen LogP) is 4.94. The van der Waals surface area contributed by atoms with Crippen molar-refractivity contribution in [1.82, 2.24) is 25.2 Å². The molecular weight excluding hydrogens is 753 g/mol. The first kappa shape index (κ1) is 45.5. The van der Waals surface area contributed by atoms with Gasteiger partial charge in [0.25, 0.3) is 5.67 Å². The van der Waals surface area contributed by atoms with Gasteiger partial charge in [-0.05, 0) is 71.9 Å². The van der Waals surface area contributed by atoms with Crippen LogP contribution in [-0.4, -0.2) is 128 Å². The van der Waals surface area contributed by atoms with Crippen molar-refractivity contribution >= 4 is 34.7 Å². The fraction of sp³-hybridized carbons (Fsp3) is 0.762. The third-order valence-electron chi connectivity index (χ3n) is 12.5. The standard InChI is InChI=1S/C42H64FN5O10/c1-12-31-42(10)34(47(39(53)58-42)19-15-16-20-48-30-18-14-13-17-28(30)45-46-48)26(6)32(49)24(4)22-40(8,54-11)36(27(7)35(51)41(9,43)38(52)56-31)57-37-33(50)29(44-23(2)3)21-25(5)55-37/h13-14,17-18,23-27,29,31,33-34,36-37,44,50H,12,15-16,19-22H2,1-11H3/t24-,25-,26+,27-,29+,31-,33+,34?,36-,37+,40-,41+,42-/m1/s1. The number of halogens is 1. The first-order chi connectivity index (χ1) is 27.2. The normalized spacial score (nSPS) is 38.1. The average Bonchev–Trinajstić information content (AvgIpc) is 3.70. The zero-order chi connectivity index (χ0) is 42.9. The molecule has 324 valence electrons. The fourth-order valence-electron chi connectivity index (χ4n) is 9.44. The van der Waals surface area contributed by atoms with E-state index in [0.29, 0.717) is 25.8 Å². The van der Waals surface area contributed by atoms with Crippen molar-refractivity contribution in [2.75, 3.05) is 13.7 Å². The largest absolute Gasteiger partial charge is 0.455 e. The monoisotopic (exact) mass is 817 g/mol. The molecule has 3 aliphatic rings. The van der Waals surface area contributed by atoms with E-state index in [4.69, 9.17) is 23.7 Å². The van der Waals surface area contributed by atoms with E-state index in [0.717, 1.165) is 18.0 Å². The van der Waals surface area contributed by atoms with Crippen molar-refractivity contribution in [2.24, 2.45) is 17.8 Å². The SMILES string of the molecule is CC[C@H]1OC(=O)[C@@](C)(F)C(=O)[C@@H](C)[C@@H](O[C@@H]2O[C@H](C)C[C@H](NC(C)C)[C@@H]2O)[C@](C)(OC)C[C@@H](C)C(=O)[C@H](C)C2N(CCCCn3nnc4ccccc43)C(=O)O[C@@]21C. The number of para-hydroxylation sites is 1. The summed E-state index contributed by atoms with van der Waals surface area (Å²) in [6, 6.07) is 6.29. The van der Waals surface area contributed by atoms with Gasteiger partial charge in [0, 0.05) is 50.0 Å². The number of rotatable bonds is 11. The van der Waals surface area contributed by atoms with Crippen LogP contribution in [0.4, 0.5) is 9.18 Å². The maximum atomic E-state index is 16.9. The van der Waals surface area contributed by atoms with Crippen LogP contribution in [0.15, 0.2) is 24.3 Å². The summed E-state index contributed by atoms with van der Waals surface area (Å²) in [5, 5.41) is 23.3. The number of esters is 1. The summed E-state index contributed by atoms with van der Waals surface area (Å²) in [7, 11) is 1.40. The molecule has 4 heterocycles. The summed E-state index contributed by atoms with van der Waals surface area (Å²) >= 11 is 0. The fourth-order valence-corrected chi connectivity index (χ4v) is 9.44. The third kappa shape index (κ3) is 8.96. The Morgan fingerprint density at radius 3 is 2.36 bits per heavy atom. The number of ether oxygens (including phenoxy) is 5. The number of hydrogen-bond donors (Lipinski definition) is 2. The number of nitrogens with zero attached hydrogens (tertiary/aromatic N) is 4. The molecule has 1 amide bonds. The molecule has 3 saturated heterocycles. The topological polar surface area (TPSA) is 181 Å². The number of aromatic nitrogens is 3. The molecule has 1 aromatic heterocycles. The zero-order valence-electron chi connectivity index (χ0n) is 35.9. The van der Waals surface area contributed by atoms with E-state index in [1.165, 1.54) is 18.9 Å². The Morgan fingerprint density at radius 1 is 1.03 bits per heavy atom. The van der Waals surface area contributed by atoms with Crippen LogP contribution in [0.1, 0.15) is 101 Å². The van der Waals surface area contributed by atoms with E-state index in [1.807, 2.05) is 45.0 Å². The van der Waals surface area contributed by atoms with Gasteiger partial charge in [0.05, 0.1) is 29.4 Å². The molecule has 1 aromatic carbocycles. The van der Waals surface area contributed by atoms with Crippen LogP contribution < -0.4 is 5.32 Å². The number of amides is 1. The highest BCUT2D eigenvalue weighted by Crippen LogP contribution is 2.43. The molecule has 13 atom stereocenters. The van der Waals surface area contributed by atoms with Gasteiger partial charge in [0.2, 0.25) is 0 Å². The molecular formula is C42H64FN5O10. The summed E-state index contributed by atoms with van der Waals surface area (Å²) < 4.78 is 49.3. The number of benzene rings is 1. The van der Waals surface area contributed by atoms with Crippen LogP contribution >= 0.6 is 0 Å². The van der Waals surface area contributed by atoms with Gasteiger partial charge in [-0.15, -0.1) is 5.10 Å². The summed E-state index contributed by atoms with van der Waals surface area (Å²) in [5.41, 5.74) is -4.57. The highest BCUT2D eigenvalue weighted by atomic mass is 19.1. The van der Waals surface area contributed by atoms with Gasteiger partial charge in [0.1, 0.15) is 23.5 Å². The lowest BCUT2D eigenvalue weighted by Gasteiger charge is -2.47. The molecule has 0 bridgehead atoms. The average molecular weight is 818 g/mol. The number of aryl methyl sites for hydroxylation is 1. The lowest BCUT2D eigenvalue weighted by Crippen LogP contribution is -2.62. The minimum absolute atomic E-state index is 0.00421. The summed E-state index contributed by atoms with van der Waals surface area (Å²) in [6.07, 6.45) is -4.33. The lowest BCUT2D eigenvalue weighted by molar-refractivity contribution is -0.291. The Bertz CT molecular complexity index is 1790. The number of methoxy groups -OCH3 is 1. The van der Waals surface area contributed by atoms with Gasteiger partial charge in [-0.2, -0.15) is 0 Å². The molecule has 0 saturated carbocycles. The van der Waals surface area contributed by atoms with Gasteiger partial charge in [-0.3, -0.25) is 9.59 Å². The van der Waals surface area contributed by atoms with Crippen molar-refractivity contribution < 1.29 is 52.4 Å². The van der Waals surface area contributed by atoms with E-state index in [9.17, 15) is 24.3 Å².